The highest BCUT2D eigenvalue weighted by molar-refractivity contribution is 5.76. The summed E-state index contributed by atoms with van der Waals surface area (Å²) < 4.78 is 0. The molecule has 12 heavy (non-hydrogen) atoms. The van der Waals surface area contributed by atoms with Crippen molar-refractivity contribution in [2.24, 2.45) is 5.73 Å². The topological polar surface area (TPSA) is 58.4 Å². The number of nitrogens with one attached hydrogen (secondary N) is 1. The molecule has 3 N–H and O–H groups in total. The summed E-state index contributed by atoms with van der Waals surface area (Å²) in [5.74, 6) is 0. The molecule has 1 aliphatic rings. The molecule has 0 aromatic carbocycles. The first-order valence-electron chi connectivity index (χ1n) is 4.53. The van der Waals surface area contributed by atoms with Gasteiger partial charge in [0.25, 0.3) is 0 Å². The third-order valence-electron chi connectivity index (χ3n) is 2.09. The Morgan fingerprint density at radius 2 is 2.50 bits per heavy atom. The van der Waals surface area contributed by atoms with Crippen molar-refractivity contribution in [2.75, 3.05) is 19.6 Å². The summed E-state index contributed by atoms with van der Waals surface area (Å²) in [6, 6.07) is 0.382. The zero-order chi connectivity index (χ0) is 8.97. The number of hydrogen-bond acceptors (Lipinski definition) is 2. The number of nitrogens with two attached hydrogens (primary N) is 1. The number of nitrogens with zero attached hydrogens (tertiary/aromatic N) is 1. The van der Waals surface area contributed by atoms with Gasteiger partial charge in [-0.1, -0.05) is 13.3 Å². The van der Waals surface area contributed by atoms with E-state index in [2.05, 4.69) is 12.2 Å². The van der Waals surface area contributed by atoms with Crippen molar-refractivity contribution in [2.45, 2.75) is 25.8 Å². The van der Waals surface area contributed by atoms with E-state index in [1.165, 1.54) is 0 Å². The van der Waals surface area contributed by atoms with Crippen molar-refractivity contribution in [3.8, 4) is 0 Å². The lowest BCUT2D eigenvalue weighted by molar-refractivity contribution is 0.218. The van der Waals surface area contributed by atoms with Gasteiger partial charge in [-0.15, -0.1) is 0 Å². The molecule has 4 heteroatoms. The SMILES string of the molecule is CCCC1CN(CCN)C(=O)N1. The van der Waals surface area contributed by atoms with Crippen LogP contribution in [0.5, 0.6) is 0 Å². The summed E-state index contributed by atoms with van der Waals surface area (Å²) in [6.45, 7) is 4.17. The van der Waals surface area contributed by atoms with Crippen LogP contribution in [0.15, 0.2) is 0 Å². The lowest BCUT2D eigenvalue weighted by atomic mass is 10.2. The Hall–Kier alpha value is -0.770. The summed E-state index contributed by atoms with van der Waals surface area (Å²) in [5, 5.41) is 2.92. The van der Waals surface area contributed by atoms with Crippen LogP contribution in [0.2, 0.25) is 0 Å². The summed E-state index contributed by atoms with van der Waals surface area (Å²) in [7, 11) is 0. The lowest BCUT2D eigenvalue weighted by Crippen LogP contribution is -2.32. The summed E-state index contributed by atoms with van der Waals surface area (Å²) in [6.07, 6.45) is 2.17. The minimum absolute atomic E-state index is 0.0406. The van der Waals surface area contributed by atoms with Gasteiger partial charge >= 0.3 is 6.03 Å². The van der Waals surface area contributed by atoms with Crippen molar-refractivity contribution >= 4 is 6.03 Å². The van der Waals surface area contributed by atoms with Crippen molar-refractivity contribution in [1.29, 1.82) is 0 Å². The molecule has 1 fully saturated rings. The summed E-state index contributed by atoms with van der Waals surface area (Å²) in [5.41, 5.74) is 5.37. The van der Waals surface area contributed by atoms with Gasteiger partial charge in [-0.3, -0.25) is 0 Å². The maximum Gasteiger partial charge on any atom is 0.317 e. The standard InChI is InChI=1S/C8H17N3O/c1-2-3-7-6-11(5-4-9)8(12)10-7/h7H,2-6,9H2,1H3,(H,10,12). The van der Waals surface area contributed by atoms with E-state index in [0.29, 0.717) is 19.1 Å². The molecular weight excluding hydrogens is 154 g/mol. The molecule has 1 atom stereocenters. The average molecular weight is 171 g/mol. The predicted molar refractivity (Wildman–Crippen MR) is 47.9 cm³/mol. The summed E-state index contributed by atoms with van der Waals surface area (Å²) >= 11 is 0. The first-order valence-corrected chi connectivity index (χ1v) is 4.53. The van der Waals surface area contributed by atoms with E-state index in [-0.39, 0.29) is 6.03 Å². The van der Waals surface area contributed by atoms with Crippen LogP contribution in [0.1, 0.15) is 19.8 Å². The zero-order valence-corrected chi connectivity index (χ0v) is 7.55. The first-order chi connectivity index (χ1) is 5.77. The maximum atomic E-state index is 11.2. The van der Waals surface area contributed by atoms with Gasteiger partial charge < -0.3 is 16.0 Å². The van der Waals surface area contributed by atoms with E-state index in [0.717, 1.165) is 19.4 Å². The summed E-state index contributed by atoms with van der Waals surface area (Å²) in [4.78, 5) is 13.0. The third kappa shape index (κ3) is 2.11. The minimum atomic E-state index is 0.0406. The molecule has 1 unspecified atom stereocenters. The molecule has 0 saturated carbocycles. The van der Waals surface area contributed by atoms with Gasteiger partial charge in [0.1, 0.15) is 0 Å². The van der Waals surface area contributed by atoms with Crippen LogP contribution in [-0.4, -0.2) is 36.6 Å². The Morgan fingerprint density at radius 3 is 3.08 bits per heavy atom. The van der Waals surface area contributed by atoms with Gasteiger partial charge in [-0.25, -0.2) is 4.79 Å². The molecule has 0 aromatic rings. The second-order valence-electron chi connectivity index (χ2n) is 3.17. The number of carbonyl (C=O) groups is 1. The highest BCUT2D eigenvalue weighted by atomic mass is 16.2. The molecule has 0 bridgehead atoms. The third-order valence-corrected chi connectivity index (χ3v) is 2.09. The Bertz CT molecular complexity index is 160. The first kappa shape index (κ1) is 9.32. The molecule has 0 spiro atoms. The predicted octanol–water partition coefficient (Wildman–Crippen LogP) is 0.139. The van der Waals surface area contributed by atoms with Gasteiger partial charge in [0.05, 0.1) is 0 Å². The Morgan fingerprint density at radius 1 is 1.75 bits per heavy atom. The fourth-order valence-electron chi connectivity index (χ4n) is 1.52. The van der Waals surface area contributed by atoms with E-state index in [1.54, 1.807) is 4.90 Å². The normalized spacial score (nSPS) is 23.0. The van der Waals surface area contributed by atoms with Crippen LogP contribution >= 0.6 is 0 Å². The Kier molecular flexibility index (Phi) is 3.34. The van der Waals surface area contributed by atoms with Crippen LogP contribution in [-0.2, 0) is 0 Å². The molecule has 0 radical (unpaired) electrons. The van der Waals surface area contributed by atoms with E-state index >= 15 is 0 Å². The molecule has 0 aliphatic carbocycles. The van der Waals surface area contributed by atoms with Gasteiger partial charge in [0.15, 0.2) is 0 Å². The molecule has 70 valence electrons. The highest BCUT2D eigenvalue weighted by Crippen LogP contribution is 2.07. The molecular formula is C8H17N3O. The highest BCUT2D eigenvalue weighted by Gasteiger charge is 2.26. The van der Waals surface area contributed by atoms with Crippen LogP contribution in [0.4, 0.5) is 4.79 Å². The molecule has 4 nitrogen and oxygen atoms in total. The number of rotatable bonds is 4. The van der Waals surface area contributed by atoms with Crippen LogP contribution in [0, 0.1) is 0 Å². The Labute approximate surface area is 73.1 Å². The molecule has 1 heterocycles. The number of urea groups is 1. The second-order valence-corrected chi connectivity index (χ2v) is 3.17. The van der Waals surface area contributed by atoms with Gasteiger partial charge in [-0.05, 0) is 6.42 Å². The number of carbonyl (C=O) groups excluding carboxylic acids is 1. The van der Waals surface area contributed by atoms with Crippen LogP contribution in [0.3, 0.4) is 0 Å². The lowest BCUT2D eigenvalue weighted by Gasteiger charge is -2.12. The largest absolute Gasteiger partial charge is 0.333 e. The number of amides is 2. The van der Waals surface area contributed by atoms with Crippen molar-refractivity contribution in [3.63, 3.8) is 0 Å². The van der Waals surface area contributed by atoms with Gasteiger partial charge in [0, 0.05) is 25.7 Å². The van der Waals surface area contributed by atoms with Crippen molar-refractivity contribution in [1.82, 2.24) is 10.2 Å². The number of hydrogen-bond donors (Lipinski definition) is 2. The second kappa shape index (κ2) is 4.30. The van der Waals surface area contributed by atoms with E-state index < -0.39 is 0 Å². The minimum Gasteiger partial charge on any atom is -0.333 e. The smallest absolute Gasteiger partial charge is 0.317 e. The zero-order valence-electron chi connectivity index (χ0n) is 7.55. The molecule has 0 aromatic heterocycles. The molecule has 1 saturated heterocycles. The fraction of sp³-hybridized carbons (Fsp3) is 0.875. The Balaban J connectivity index is 2.34. The van der Waals surface area contributed by atoms with Crippen LogP contribution in [0.25, 0.3) is 0 Å². The van der Waals surface area contributed by atoms with E-state index in [1.807, 2.05) is 0 Å². The van der Waals surface area contributed by atoms with Crippen molar-refractivity contribution in [3.05, 3.63) is 0 Å². The maximum absolute atomic E-state index is 11.2. The van der Waals surface area contributed by atoms with E-state index in [4.69, 9.17) is 5.73 Å². The quantitative estimate of drug-likeness (QED) is 0.632. The van der Waals surface area contributed by atoms with Gasteiger partial charge in [-0.2, -0.15) is 0 Å². The van der Waals surface area contributed by atoms with Gasteiger partial charge in [0.2, 0.25) is 0 Å². The molecule has 1 rings (SSSR count). The fourth-order valence-corrected chi connectivity index (χ4v) is 1.52. The molecule has 2 amide bonds. The van der Waals surface area contributed by atoms with E-state index in [9.17, 15) is 4.79 Å². The average Bonchev–Trinajstić information content (AvgIpc) is 2.34. The van der Waals surface area contributed by atoms with Crippen molar-refractivity contribution < 1.29 is 4.79 Å². The monoisotopic (exact) mass is 171 g/mol. The van der Waals surface area contributed by atoms with Crippen LogP contribution < -0.4 is 11.1 Å². The molecule has 1 aliphatic heterocycles.